The Labute approximate surface area is 225 Å². The summed E-state index contributed by atoms with van der Waals surface area (Å²) in [6.45, 7) is 3.32. The number of anilines is 2. The zero-order valence-electron chi connectivity index (χ0n) is 21.3. The van der Waals surface area contributed by atoms with Crippen LogP contribution in [-0.2, 0) is 16.1 Å². The molecule has 0 aliphatic carbocycles. The Bertz CT molecular complexity index is 1370. The van der Waals surface area contributed by atoms with Crippen molar-refractivity contribution < 1.29 is 23.8 Å². The number of amides is 2. The molecule has 3 aliphatic heterocycles. The number of ether oxygens (including phenoxy) is 3. The van der Waals surface area contributed by atoms with Gasteiger partial charge in [0.2, 0.25) is 0 Å². The molecule has 5 heterocycles. The standard InChI is InChI=1S/C27H29N7O5/c35-25-16-38-23-4-5-24(31-26(23)32-25)34-14-20(39-27(34)36)7-8-28-12-17-2-1-3-18(10-17)22-11-21(13-30-33-22)37-15-19-6-9-29-19/h1-5,10-11,13,19-20,28-29H,6-9,12,14-16H2,(H,31,32,35). The van der Waals surface area contributed by atoms with Gasteiger partial charge in [-0.25, -0.2) is 9.78 Å². The van der Waals surface area contributed by atoms with Gasteiger partial charge in [-0.05, 0) is 49.7 Å². The summed E-state index contributed by atoms with van der Waals surface area (Å²) in [5.41, 5.74) is 2.83. The number of carbonyl (C=O) groups excluding carboxylic acids is 2. The summed E-state index contributed by atoms with van der Waals surface area (Å²) < 4.78 is 16.7. The number of aromatic nitrogens is 3. The molecule has 3 N–H and O–H groups in total. The number of rotatable bonds is 10. The van der Waals surface area contributed by atoms with Crippen LogP contribution in [0, 0.1) is 0 Å². The van der Waals surface area contributed by atoms with Crippen molar-refractivity contribution >= 4 is 23.6 Å². The molecule has 2 amide bonds. The van der Waals surface area contributed by atoms with E-state index in [1.165, 1.54) is 4.90 Å². The van der Waals surface area contributed by atoms with E-state index in [4.69, 9.17) is 14.2 Å². The van der Waals surface area contributed by atoms with Crippen LogP contribution in [0.3, 0.4) is 0 Å². The fourth-order valence-electron chi connectivity index (χ4n) is 4.56. The van der Waals surface area contributed by atoms with E-state index in [2.05, 4.69) is 37.2 Å². The maximum atomic E-state index is 12.5. The van der Waals surface area contributed by atoms with Crippen LogP contribution in [0.25, 0.3) is 11.3 Å². The number of hydrogen-bond acceptors (Lipinski definition) is 10. The number of carbonyl (C=O) groups is 2. The molecule has 2 unspecified atom stereocenters. The number of hydrogen-bond donors (Lipinski definition) is 3. The highest BCUT2D eigenvalue weighted by molar-refractivity contribution is 5.95. The Hall–Kier alpha value is -4.29. The van der Waals surface area contributed by atoms with Gasteiger partial charge in [-0.2, -0.15) is 10.2 Å². The minimum absolute atomic E-state index is 0.0478. The largest absolute Gasteiger partial charge is 0.490 e. The van der Waals surface area contributed by atoms with Gasteiger partial charge in [-0.15, -0.1) is 0 Å². The fraction of sp³-hybridized carbons (Fsp3) is 0.370. The predicted molar refractivity (Wildman–Crippen MR) is 142 cm³/mol. The van der Waals surface area contributed by atoms with E-state index >= 15 is 0 Å². The highest BCUT2D eigenvalue weighted by Crippen LogP contribution is 2.30. The van der Waals surface area contributed by atoms with Gasteiger partial charge in [0, 0.05) is 24.2 Å². The number of fused-ring (bicyclic) bond motifs is 1. The predicted octanol–water partition coefficient (Wildman–Crippen LogP) is 2.12. The van der Waals surface area contributed by atoms with Gasteiger partial charge in [-0.1, -0.05) is 18.2 Å². The molecule has 2 fully saturated rings. The molecule has 2 aromatic heterocycles. The molecule has 0 spiro atoms. The van der Waals surface area contributed by atoms with E-state index in [0.29, 0.717) is 61.8 Å². The lowest BCUT2D eigenvalue weighted by atomic mass is 10.1. The van der Waals surface area contributed by atoms with Crippen molar-refractivity contribution in [3.05, 3.63) is 54.2 Å². The topological polar surface area (TPSA) is 140 Å². The first kappa shape index (κ1) is 25.0. The van der Waals surface area contributed by atoms with Gasteiger partial charge in [0.25, 0.3) is 5.91 Å². The SMILES string of the molecule is O=C1COc2ccc(N3CC(CCNCc4cccc(-c5cc(OCC6CCN6)cnn5)c4)OC3=O)nc2N1. The van der Waals surface area contributed by atoms with Crippen molar-refractivity contribution in [2.45, 2.75) is 31.5 Å². The van der Waals surface area contributed by atoms with E-state index in [0.717, 1.165) is 29.8 Å². The van der Waals surface area contributed by atoms with E-state index in [-0.39, 0.29) is 18.6 Å². The second kappa shape index (κ2) is 11.2. The minimum Gasteiger partial charge on any atom is -0.490 e. The van der Waals surface area contributed by atoms with Crippen molar-refractivity contribution in [2.75, 3.05) is 43.1 Å². The lowest BCUT2D eigenvalue weighted by Crippen LogP contribution is -2.46. The maximum absolute atomic E-state index is 12.5. The average molecular weight is 532 g/mol. The van der Waals surface area contributed by atoms with Crippen molar-refractivity contribution in [2.24, 2.45) is 0 Å². The van der Waals surface area contributed by atoms with Crippen LogP contribution < -0.4 is 30.3 Å². The molecular weight excluding hydrogens is 502 g/mol. The highest BCUT2D eigenvalue weighted by atomic mass is 16.6. The van der Waals surface area contributed by atoms with Crippen molar-refractivity contribution in [1.82, 2.24) is 25.8 Å². The van der Waals surface area contributed by atoms with Crippen LogP contribution in [0.15, 0.2) is 48.7 Å². The number of nitrogens with one attached hydrogen (secondary N) is 3. The first-order valence-corrected chi connectivity index (χ1v) is 13.0. The molecule has 3 aromatic rings. The molecule has 1 aromatic carbocycles. The van der Waals surface area contributed by atoms with Crippen LogP contribution in [0.5, 0.6) is 11.5 Å². The third kappa shape index (κ3) is 5.91. The van der Waals surface area contributed by atoms with Gasteiger partial charge >= 0.3 is 6.09 Å². The molecule has 6 rings (SSSR count). The third-order valence-corrected chi connectivity index (χ3v) is 6.81. The molecule has 39 heavy (non-hydrogen) atoms. The monoisotopic (exact) mass is 531 g/mol. The van der Waals surface area contributed by atoms with E-state index in [1.807, 2.05) is 24.3 Å². The Morgan fingerprint density at radius 2 is 2.10 bits per heavy atom. The number of nitrogens with zero attached hydrogens (tertiary/aromatic N) is 4. The molecule has 202 valence electrons. The van der Waals surface area contributed by atoms with Crippen molar-refractivity contribution in [1.29, 1.82) is 0 Å². The van der Waals surface area contributed by atoms with Gasteiger partial charge in [0.15, 0.2) is 18.2 Å². The summed E-state index contributed by atoms with van der Waals surface area (Å²) in [5, 5.41) is 17.8. The number of pyridine rings is 1. The molecule has 2 atom stereocenters. The zero-order chi connectivity index (χ0) is 26.6. The van der Waals surface area contributed by atoms with Gasteiger partial charge in [0.05, 0.1) is 18.4 Å². The van der Waals surface area contributed by atoms with Crippen LogP contribution >= 0.6 is 0 Å². The quantitative estimate of drug-likeness (QED) is 0.333. The Balaban J connectivity index is 0.989. The van der Waals surface area contributed by atoms with Gasteiger partial charge in [0.1, 0.15) is 24.3 Å². The first-order chi connectivity index (χ1) is 19.1. The summed E-state index contributed by atoms with van der Waals surface area (Å²) in [7, 11) is 0. The molecule has 12 heteroatoms. The van der Waals surface area contributed by atoms with Gasteiger partial charge in [-0.3, -0.25) is 9.69 Å². The lowest BCUT2D eigenvalue weighted by molar-refractivity contribution is -0.118. The average Bonchev–Trinajstić information content (AvgIpc) is 3.30. The van der Waals surface area contributed by atoms with Gasteiger partial charge < -0.3 is 30.2 Å². The van der Waals surface area contributed by atoms with E-state index < -0.39 is 6.09 Å². The molecule has 12 nitrogen and oxygen atoms in total. The lowest BCUT2D eigenvalue weighted by Gasteiger charge is -2.27. The van der Waals surface area contributed by atoms with Crippen LogP contribution in [-0.4, -0.2) is 72.2 Å². The molecular formula is C27H29N7O5. The summed E-state index contributed by atoms with van der Waals surface area (Å²) in [4.78, 5) is 29.9. The van der Waals surface area contributed by atoms with Crippen molar-refractivity contribution in [3.63, 3.8) is 0 Å². The van der Waals surface area contributed by atoms with Crippen molar-refractivity contribution in [3.8, 4) is 22.8 Å². The Kier molecular flexibility index (Phi) is 7.19. The summed E-state index contributed by atoms with van der Waals surface area (Å²) in [6, 6.07) is 13.8. The third-order valence-electron chi connectivity index (χ3n) is 6.81. The summed E-state index contributed by atoms with van der Waals surface area (Å²) >= 11 is 0. The van der Waals surface area contributed by atoms with E-state index in [9.17, 15) is 9.59 Å². The second-order valence-electron chi connectivity index (χ2n) is 9.66. The highest BCUT2D eigenvalue weighted by Gasteiger charge is 2.33. The van der Waals surface area contributed by atoms with Crippen LogP contribution in [0.1, 0.15) is 18.4 Å². The summed E-state index contributed by atoms with van der Waals surface area (Å²) in [6.07, 6.45) is 2.68. The second-order valence-corrected chi connectivity index (χ2v) is 9.66. The Morgan fingerprint density at radius 1 is 1.18 bits per heavy atom. The number of cyclic esters (lactones) is 1. The summed E-state index contributed by atoms with van der Waals surface area (Å²) in [5.74, 6) is 1.62. The minimum atomic E-state index is -0.459. The molecule has 2 saturated heterocycles. The molecule has 0 bridgehead atoms. The normalized spacial score (nSPS) is 19.9. The van der Waals surface area contributed by atoms with Crippen LogP contribution in [0.2, 0.25) is 0 Å². The maximum Gasteiger partial charge on any atom is 0.415 e. The van der Waals surface area contributed by atoms with Crippen LogP contribution in [0.4, 0.5) is 16.4 Å². The molecule has 0 saturated carbocycles. The Morgan fingerprint density at radius 3 is 2.97 bits per heavy atom. The fourth-order valence-corrected chi connectivity index (χ4v) is 4.56. The first-order valence-electron chi connectivity index (χ1n) is 13.0. The molecule has 0 radical (unpaired) electrons. The number of benzene rings is 1. The zero-order valence-corrected chi connectivity index (χ0v) is 21.3. The van der Waals surface area contributed by atoms with E-state index in [1.54, 1.807) is 18.3 Å². The molecule has 3 aliphatic rings. The smallest absolute Gasteiger partial charge is 0.415 e.